The van der Waals surface area contributed by atoms with Crippen molar-refractivity contribution >= 4 is 18.0 Å². The van der Waals surface area contributed by atoms with Gasteiger partial charge in [-0.1, -0.05) is 12.1 Å². The van der Waals surface area contributed by atoms with E-state index in [2.05, 4.69) is 0 Å². The van der Waals surface area contributed by atoms with E-state index in [0.717, 1.165) is 0 Å². The molecular formula is C19H25NO7. The number of methoxy groups -OCH3 is 2. The van der Waals surface area contributed by atoms with Gasteiger partial charge in [0.2, 0.25) is 0 Å². The maximum atomic E-state index is 12.8. The SMILES string of the molecule is COC(=O)[C@@H]1C[C@H](C(=O)O)[C@H](c2ccc(OC)cc2)N1C(=O)OC(C)(C)C. The molecule has 148 valence electrons. The maximum absolute atomic E-state index is 12.8. The molecule has 0 saturated carbocycles. The van der Waals surface area contributed by atoms with Crippen molar-refractivity contribution in [2.24, 2.45) is 5.92 Å². The van der Waals surface area contributed by atoms with E-state index in [1.54, 1.807) is 45.0 Å². The van der Waals surface area contributed by atoms with E-state index in [1.807, 2.05) is 0 Å². The molecule has 1 aliphatic rings. The van der Waals surface area contributed by atoms with Crippen molar-refractivity contribution in [1.29, 1.82) is 0 Å². The molecule has 1 aromatic carbocycles. The Kier molecular flexibility index (Phi) is 5.98. The van der Waals surface area contributed by atoms with Gasteiger partial charge in [0.15, 0.2) is 0 Å². The quantitative estimate of drug-likeness (QED) is 0.802. The van der Waals surface area contributed by atoms with E-state index in [9.17, 15) is 19.5 Å². The van der Waals surface area contributed by atoms with Crippen LogP contribution in [0.25, 0.3) is 0 Å². The third kappa shape index (κ3) is 4.50. The first kappa shape index (κ1) is 20.5. The normalized spacial score (nSPS) is 22.3. The molecule has 1 fully saturated rings. The Balaban J connectivity index is 2.51. The van der Waals surface area contributed by atoms with Crippen LogP contribution in [0.3, 0.4) is 0 Å². The number of amides is 1. The van der Waals surface area contributed by atoms with Gasteiger partial charge in [-0.05, 0) is 44.9 Å². The molecule has 0 bridgehead atoms. The van der Waals surface area contributed by atoms with Crippen molar-refractivity contribution in [3.05, 3.63) is 29.8 Å². The zero-order valence-corrected chi connectivity index (χ0v) is 16.1. The number of carbonyl (C=O) groups is 3. The lowest BCUT2D eigenvalue weighted by Gasteiger charge is -2.32. The van der Waals surface area contributed by atoms with Crippen LogP contribution in [0.1, 0.15) is 38.8 Å². The highest BCUT2D eigenvalue weighted by molar-refractivity contribution is 5.85. The lowest BCUT2D eigenvalue weighted by Crippen LogP contribution is -2.45. The van der Waals surface area contributed by atoms with Crippen molar-refractivity contribution in [2.45, 2.75) is 44.9 Å². The van der Waals surface area contributed by atoms with Crippen molar-refractivity contribution in [1.82, 2.24) is 4.90 Å². The number of rotatable bonds is 4. The van der Waals surface area contributed by atoms with Gasteiger partial charge >= 0.3 is 18.0 Å². The van der Waals surface area contributed by atoms with Crippen LogP contribution < -0.4 is 4.74 Å². The number of nitrogens with zero attached hydrogens (tertiary/aromatic N) is 1. The van der Waals surface area contributed by atoms with Gasteiger partial charge < -0.3 is 19.3 Å². The zero-order chi connectivity index (χ0) is 20.4. The van der Waals surface area contributed by atoms with Gasteiger partial charge in [0, 0.05) is 0 Å². The van der Waals surface area contributed by atoms with Crippen LogP contribution in [-0.2, 0) is 19.1 Å². The summed E-state index contributed by atoms with van der Waals surface area (Å²) in [6.45, 7) is 5.10. The van der Waals surface area contributed by atoms with Gasteiger partial charge in [-0.25, -0.2) is 9.59 Å². The molecule has 3 atom stereocenters. The van der Waals surface area contributed by atoms with Gasteiger partial charge in [0.05, 0.1) is 26.2 Å². The summed E-state index contributed by atoms with van der Waals surface area (Å²) >= 11 is 0. The Labute approximate surface area is 158 Å². The fraction of sp³-hybridized carbons (Fsp3) is 0.526. The number of hydrogen-bond acceptors (Lipinski definition) is 6. The Morgan fingerprint density at radius 1 is 1.11 bits per heavy atom. The van der Waals surface area contributed by atoms with E-state index in [0.29, 0.717) is 11.3 Å². The smallest absolute Gasteiger partial charge is 0.411 e. The maximum Gasteiger partial charge on any atom is 0.411 e. The molecule has 8 heteroatoms. The summed E-state index contributed by atoms with van der Waals surface area (Å²) in [4.78, 5) is 38.1. The molecule has 1 heterocycles. The number of hydrogen-bond donors (Lipinski definition) is 1. The van der Waals surface area contributed by atoms with Gasteiger partial charge in [-0.2, -0.15) is 0 Å². The molecule has 0 aromatic heterocycles. The Bertz CT molecular complexity index is 708. The van der Waals surface area contributed by atoms with E-state index in [-0.39, 0.29) is 6.42 Å². The molecule has 27 heavy (non-hydrogen) atoms. The molecular weight excluding hydrogens is 354 g/mol. The summed E-state index contributed by atoms with van der Waals surface area (Å²) in [5.41, 5.74) is -0.232. The average Bonchev–Trinajstić information content (AvgIpc) is 3.00. The second-order valence-corrected chi connectivity index (χ2v) is 7.32. The average molecular weight is 379 g/mol. The van der Waals surface area contributed by atoms with E-state index in [4.69, 9.17) is 14.2 Å². The van der Waals surface area contributed by atoms with Crippen molar-refractivity contribution in [3.63, 3.8) is 0 Å². The van der Waals surface area contributed by atoms with Crippen LogP contribution in [0.2, 0.25) is 0 Å². The van der Waals surface area contributed by atoms with Crippen LogP contribution in [0.15, 0.2) is 24.3 Å². The molecule has 1 aromatic rings. The predicted molar refractivity (Wildman–Crippen MR) is 95.4 cm³/mol. The monoisotopic (exact) mass is 379 g/mol. The minimum Gasteiger partial charge on any atom is -0.497 e. The molecule has 2 rings (SSSR count). The minimum atomic E-state index is -1.10. The summed E-state index contributed by atoms with van der Waals surface area (Å²) in [6, 6.07) is 4.79. The fourth-order valence-electron chi connectivity index (χ4n) is 3.20. The Hall–Kier alpha value is -2.77. The summed E-state index contributed by atoms with van der Waals surface area (Å²) in [6.07, 6.45) is -0.819. The topological polar surface area (TPSA) is 102 Å². The highest BCUT2D eigenvalue weighted by Crippen LogP contribution is 2.43. The number of carboxylic acid groups (broad SMARTS) is 1. The molecule has 0 spiro atoms. The van der Waals surface area contributed by atoms with Gasteiger partial charge in [0.25, 0.3) is 0 Å². The van der Waals surface area contributed by atoms with Crippen molar-refractivity contribution < 1.29 is 33.7 Å². The summed E-state index contributed by atoms with van der Waals surface area (Å²) in [5.74, 6) is -2.16. The highest BCUT2D eigenvalue weighted by atomic mass is 16.6. The van der Waals surface area contributed by atoms with Gasteiger partial charge in [-0.3, -0.25) is 9.69 Å². The number of aliphatic carboxylic acids is 1. The summed E-state index contributed by atoms with van der Waals surface area (Å²) < 4.78 is 15.4. The number of esters is 1. The highest BCUT2D eigenvalue weighted by Gasteiger charge is 2.52. The molecule has 1 N–H and O–H groups in total. The fourth-order valence-corrected chi connectivity index (χ4v) is 3.20. The van der Waals surface area contributed by atoms with Crippen LogP contribution in [0.5, 0.6) is 5.75 Å². The summed E-state index contributed by atoms with van der Waals surface area (Å²) in [7, 11) is 2.72. The Morgan fingerprint density at radius 2 is 1.70 bits per heavy atom. The first-order valence-electron chi connectivity index (χ1n) is 8.55. The molecule has 0 radical (unpaired) electrons. The van der Waals surface area contributed by atoms with Crippen LogP contribution in [0.4, 0.5) is 4.79 Å². The third-order valence-corrected chi connectivity index (χ3v) is 4.35. The van der Waals surface area contributed by atoms with E-state index >= 15 is 0 Å². The van der Waals surface area contributed by atoms with Crippen molar-refractivity contribution in [3.8, 4) is 5.75 Å². The lowest BCUT2D eigenvalue weighted by molar-refractivity contribution is -0.146. The van der Waals surface area contributed by atoms with E-state index in [1.165, 1.54) is 19.1 Å². The molecule has 0 aliphatic carbocycles. The first-order valence-corrected chi connectivity index (χ1v) is 8.55. The molecule has 1 amide bonds. The first-order chi connectivity index (χ1) is 12.6. The number of ether oxygens (including phenoxy) is 3. The van der Waals surface area contributed by atoms with Crippen molar-refractivity contribution in [2.75, 3.05) is 14.2 Å². The largest absolute Gasteiger partial charge is 0.497 e. The zero-order valence-electron chi connectivity index (χ0n) is 16.1. The molecule has 1 aliphatic heterocycles. The molecule has 1 saturated heterocycles. The molecule has 0 unspecified atom stereocenters. The standard InChI is InChI=1S/C19H25NO7/c1-19(2,3)27-18(24)20-14(17(23)26-5)10-13(16(21)22)15(20)11-6-8-12(25-4)9-7-11/h6-9,13-15H,10H2,1-5H3,(H,21,22)/t13-,14-,15-/m0/s1. The van der Waals surface area contributed by atoms with Gasteiger partial charge in [-0.15, -0.1) is 0 Å². The van der Waals surface area contributed by atoms with Crippen LogP contribution >= 0.6 is 0 Å². The second kappa shape index (κ2) is 7.85. The predicted octanol–water partition coefficient (Wildman–Crippen LogP) is 2.62. The third-order valence-electron chi connectivity index (χ3n) is 4.35. The number of likely N-dealkylation sites (tertiary alicyclic amines) is 1. The Morgan fingerprint density at radius 3 is 2.15 bits per heavy atom. The van der Waals surface area contributed by atoms with E-state index < -0.39 is 41.6 Å². The lowest BCUT2D eigenvalue weighted by atomic mass is 9.93. The van der Waals surface area contributed by atoms with Crippen LogP contribution in [0, 0.1) is 5.92 Å². The second-order valence-electron chi connectivity index (χ2n) is 7.32. The van der Waals surface area contributed by atoms with Crippen LogP contribution in [-0.4, -0.2) is 53.9 Å². The summed E-state index contributed by atoms with van der Waals surface area (Å²) in [5, 5.41) is 9.69. The number of benzene rings is 1. The molecule has 8 nitrogen and oxygen atoms in total. The number of carbonyl (C=O) groups excluding carboxylic acids is 2. The van der Waals surface area contributed by atoms with Gasteiger partial charge in [0.1, 0.15) is 17.4 Å². The number of carboxylic acids is 1. The minimum absolute atomic E-state index is 0.0576.